The van der Waals surface area contributed by atoms with Gasteiger partial charge in [-0.1, -0.05) is 18.2 Å². The van der Waals surface area contributed by atoms with Crippen LogP contribution in [0.2, 0.25) is 0 Å². The van der Waals surface area contributed by atoms with E-state index < -0.39 is 0 Å². The molecule has 2 N–H and O–H groups in total. The number of hydrogen-bond acceptors (Lipinski definition) is 4. The topological polar surface area (TPSA) is 51.1 Å². The van der Waals surface area contributed by atoms with E-state index in [9.17, 15) is 0 Å². The van der Waals surface area contributed by atoms with Crippen LogP contribution in [0, 0.1) is 5.92 Å². The molecule has 110 valence electrons. The van der Waals surface area contributed by atoms with Gasteiger partial charge in [-0.05, 0) is 18.1 Å². The number of ether oxygens (including phenoxy) is 1. The molecule has 0 saturated heterocycles. The highest BCUT2D eigenvalue weighted by molar-refractivity contribution is 5.36. The van der Waals surface area contributed by atoms with Crippen molar-refractivity contribution in [3.63, 3.8) is 0 Å². The number of fused-ring (bicyclic) bond motifs is 2. The first-order valence-electron chi connectivity index (χ1n) is 7.58. The fourth-order valence-corrected chi connectivity index (χ4v) is 3.12. The number of nitrogens with one attached hydrogen (secondary N) is 2. The molecule has 0 amide bonds. The quantitative estimate of drug-likeness (QED) is 0.897. The van der Waals surface area contributed by atoms with Crippen molar-refractivity contribution in [1.29, 1.82) is 0 Å². The third-order valence-corrected chi connectivity index (χ3v) is 4.29. The summed E-state index contributed by atoms with van der Waals surface area (Å²) in [5.41, 5.74) is 1.30. The molecule has 1 aromatic heterocycles. The summed E-state index contributed by atoms with van der Waals surface area (Å²) in [5.74, 6) is 2.73. The summed E-state index contributed by atoms with van der Waals surface area (Å²) in [6.45, 7) is 3.72. The number of para-hydroxylation sites is 1. The number of hydrogen-bond donors (Lipinski definition) is 2. The molecule has 0 saturated carbocycles. The first kappa shape index (κ1) is 12.7. The van der Waals surface area contributed by atoms with E-state index in [0.717, 1.165) is 44.2 Å². The molecule has 0 radical (unpaired) electrons. The third kappa shape index (κ3) is 2.61. The van der Waals surface area contributed by atoms with Crippen molar-refractivity contribution < 1.29 is 4.74 Å². The molecule has 4 rings (SSSR count). The van der Waals surface area contributed by atoms with Gasteiger partial charge in [0.25, 0.3) is 0 Å². The molecule has 2 aliphatic rings. The Hall–Kier alpha value is -2.01. The summed E-state index contributed by atoms with van der Waals surface area (Å²) >= 11 is 0. The van der Waals surface area contributed by atoms with Crippen LogP contribution in [0.5, 0.6) is 5.75 Å². The Morgan fingerprint density at radius 1 is 1.33 bits per heavy atom. The Kier molecular flexibility index (Phi) is 3.27. The van der Waals surface area contributed by atoms with Crippen molar-refractivity contribution in [2.45, 2.75) is 19.0 Å². The maximum absolute atomic E-state index is 5.82. The predicted molar refractivity (Wildman–Crippen MR) is 81.6 cm³/mol. The number of anilines is 1. The van der Waals surface area contributed by atoms with E-state index in [1.54, 1.807) is 0 Å². The molecule has 21 heavy (non-hydrogen) atoms. The molecule has 0 spiro atoms. The molecule has 0 unspecified atom stereocenters. The smallest absolute Gasteiger partial charge is 0.124 e. The van der Waals surface area contributed by atoms with Gasteiger partial charge in [0.15, 0.2) is 0 Å². The van der Waals surface area contributed by atoms with E-state index in [1.807, 2.05) is 23.0 Å². The van der Waals surface area contributed by atoms with Crippen molar-refractivity contribution in [2.75, 3.05) is 25.0 Å². The Balaban J connectivity index is 1.32. The average Bonchev–Trinajstić information content (AvgIpc) is 3.00. The van der Waals surface area contributed by atoms with Gasteiger partial charge in [-0.3, -0.25) is 0 Å². The highest BCUT2D eigenvalue weighted by Gasteiger charge is 2.22. The lowest BCUT2D eigenvalue weighted by molar-refractivity contribution is 0.230. The molecule has 3 heterocycles. The van der Waals surface area contributed by atoms with Gasteiger partial charge in [-0.2, -0.15) is 5.10 Å². The van der Waals surface area contributed by atoms with E-state index in [2.05, 4.69) is 33.9 Å². The van der Waals surface area contributed by atoms with E-state index >= 15 is 0 Å². The Morgan fingerprint density at radius 3 is 3.29 bits per heavy atom. The lowest BCUT2D eigenvalue weighted by Gasteiger charge is -2.30. The molecular formula is C16H20N4O. The van der Waals surface area contributed by atoms with Crippen molar-refractivity contribution in [3.8, 4) is 5.75 Å². The first-order valence-corrected chi connectivity index (χ1v) is 7.58. The summed E-state index contributed by atoms with van der Waals surface area (Å²) < 4.78 is 7.87. The van der Waals surface area contributed by atoms with Gasteiger partial charge in [-0.25, -0.2) is 4.68 Å². The fourth-order valence-electron chi connectivity index (χ4n) is 3.12. The van der Waals surface area contributed by atoms with Gasteiger partial charge in [0.2, 0.25) is 0 Å². The molecule has 0 aliphatic carbocycles. The minimum Gasteiger partial charge on any atom is -0.492 e. The van der Waals surface area contributed by atoms with Crippen LogP contribution in [0.15, 0.2) is 36.5 Å². The second-order valence-electron chi connectivity index (χ2n) is 5.87. The highest BCUT2D eigenvalue weighted by Crippen LogP contribution is 2.24. The zero-order valence-corrected chi connectivity index (χ0v) is 12.0. The van der Waals surface area contributed by atoms with Crippen molar-refractivity contribution in [1.82, 2.24) is 15.1 Å². The van der Waals surface area contributed by atoms with Gasteiger partial charge in [-0.15, -0.1) is 0 Å². The van der Waals surface area contributed by atoms with Crippen LogP contribution >= 0.6 is 0 Å². The number of benzene rings is 1. The van der Waals surface area contributed by atoms with Crippen molar-refractivity contribution in [2.24, 2.45) is 5.92 Å². The van der Waals surface area contributed by atoms with Crippen LogP contribution in [-0.2, 0) is 13.0 Å². The highest BCUT2D eigenvalue weighted by atomic mass is 16.5. The average molecular weight is 284 g/mol. The largest absolute Gasteiger partial charge is 0.492 e. The summed E-state index contributed by atoms with van der Waals surface area (Å²) in [4.78, 5) is 0. The maximum Gasteiger partial charge on any atom is 0.124 e. The SMILES string of the molecule is c1ccc2c(c1)C[C@@H](NC[C@@H]1CNc3ccnn3C1)CO2. The lowest BCUT2D eigenvalue weighted by Crippen LogP contribution is -2.44. The van der Waals surface area contributed by atoms with E-state index in [1.165, 1.54) is 5.56 Å². The molecule has 0 fully saturated rings. The number of nitrogens with zero attached hydrogens (tertiary/aromatic N) is 2. The van der Waals surface area contributed by atoms with Crippen LogP contribution in [-0.4, -0.2) is 35.5 Å². The molecule has 2 aromatic rings. The number of rotatable bonds is 3. The standard InChI is InChI=1S/C16H20N4O/c1-2-4-15-13(3-1)7-14(11-21-15)17-8-12-9-18-16-5-6-19-20(16)10-12/h1-6,12,14,17-18H,7-11H2/t12-,14-/m1/s1. The Labute approximate surface area is 124 Å². The van der Waals surface area contributed by atoms with Crippen LogP contribution in [0.4, 0.5) is 5.82 Å². The van der Waals surface area contributed by atoms with Crippen LogP contribution in [0.25, 0.3) is 0 Å². The molecule has 0 bridgehead atoms. The van der Waals surface area contributed by atoms with E-state index in [-0.39, 0.29) is 0 Å². The van der Waals surface area contributed by atoms with Crippen LogP contribution in [0.3, 0.4) is 0 Å². The van der Waals surface area contributed by atoms with Crippen molar-refractivity contribution >= 4 is 5.82 Å². The zero-order chi connectivity index (χ0) is 14.1. The fraction of sp³-hybridized carbons (Fsp3) is 0.438. The molecule has 5 heteroatoms. The van der Waals surface area contributed by atoms with Gasteiger partial charge in [0.1, 0.15) is 18.2 Å². The second kappa shape index (κ2) is 5.41. The number of aromatic nitrogens is 2. The second-order valence-corrected chi connectivity index (χ2v) is 5.87. The maximum atomic E-state index is 5.82. The molecule has 1 aromatic carbocycles. The molecule has 5 nitrogen and oxygen atoms in total. The minimum atomic E-state index is 0.402. The molecule has 2 atom stereocenters. The third-order valence-electron chi connectivity index (χ3n) is 4.29. The molecule has 2 aliphatic heterocycles. The van der Waals surface area contributed by atoms with Gasteiger partial charge < -0.3 is 15.4 Å². The minimum absolute atomic E-state index is 0.402. The lowest BCUT2D eigenvalue weighted by atomic mass is 10.0. The predicted octanol–water partition coefficient (Wildman–Crippen LogP) is 1.52. The van der Waals surface area contributed by atoms with Crippen molar-refractivity contribution in [3.05, 3.63) is 42.1 Å². The first-order chi connectivity index (χ1) is 10.4. The monoisotopic (exact) mass is 284 g/mol. The van der Waals surface area contributed by atoms with E-state index in [0.29, 0.717) is 12.0 Å². The summed E-state index contributed by atoms with van der Waals surface area (Å²) in [5, 5.41) is 11.4. The van der Waals surface area contributed by atoms with Crippen LogP contribution in [0.1, 0.15) is 5.56 Å². The Morgan fingerprint density at radius 2 is 2.29 bits per heavy atom. The van der Waals surface area contributed by atoms with Gasteiger partial charge in [0.05, 0.1) is 6.20 Å². The summed E-state index contributed by atoms with van der Waals surface area (Å²) in [6.07, 6.45) is 2.90. The van der Waals surface area contributed by atoms with Gasteiger partial charge >= 0.3 is 0 Å². The van der Waals surface area contributed by atoms with Crippen LogP contribution < -0.4 is 15.4 Å². The van der Waals surface area contributed by atoms with E-state index in [4.69, 9.17) is 4.74 Å². The normalized spacial score (nSPS) is 23.6. The Bertz CT molecular complexity index is 624. The molecular weight excluding hydrogens is 264 g/mol. The summed E-state index contributed by atoms with van der Waals surface area (Å²) in [6, 6.07) is 10.7. The summed E-state index contributed by atoms with van der Waals surface area (Å²) in [7, 11) is 0. The van der Waals surface area contributed by atoms with Gasteiger partial charge in [0, 0.05) is 37.7 Å². The zero-order valence-electron chi connectivity index (χ0n) is 12.0.